The van der Waals surface area contributed by atoms with Gasteiger partial charge in [0.05, 0.1) is 6.42 Å². The first-order valence-electron chi connectivity index (χ1n) is 9.98. The van der Waals surface area contributed by atoms with Gasteiger partial charge in [-0.3, -0.25) is 9.59 Å². The van der Waals surface area contributed by atoms with Gasteiger partial charge in [0.25, 0.3) is 5.91 Å². The quantitative estimate of drug-likeness (QED) is 0.576. The lowest BCUT2D eigenvalue weighted by atomic mass is 10.0. The third kappa shape index (κ3) is 5.40. The van der Waals surface area contributed by atoms with Crippen LogP contribution in [-0.4, -0.2) is 30.4 Å². The average Bonchev–Trinajstić information content (AvgIpc) is 3.14. The van der Waals surface area contributed by atoms with E-state index in [9.17, 15) is 9.59 Å². The van der Waals surface area contributed by atoms with E-state index in [-0.39, 0.29) is 36.0 Å². The van der Waals surface area contributed by atoms with Crippen molar-refractivity contribution in [3.63, 3.8) is 0 Å². The summed E-state index contributed by atoms with van der Waals surface area (Å²) in [7, 11) is 0. The van der Waals surface area contributed by atoms with Gasteiger partial charge in [-0.1, -0.05) is 30.3 Å². The van der Waals surface area contributed by atoms with Crippen molar-refractivity contribution in [2.75, 3.05) is 11.9 Å². The molecule has 7 heteroatoms. The molecule has 158 valence electrons. The lowest BCUT2D eigenvalue weighted by Gasteiger charge is -2.28. The molecule has 0 saturated carbocycles. The van der Waals surface area contributed by atoms with Gasteiger partial charge >= 0.3 is 0 Å². The lowest BCUT2D eigenvalue weighted by molar-refractivity contribution is -0.121. The SMILES string of the molecule is CC1CC(NC(=O)Cc2ccc(NC(=O)c3cc4ccccc4o3)cc2)CCN1.Cl. The third-order valence-electron chi connectivity index (χ3n) is 5.21. The zero-order chi connectivity index (χ0) is 20.2. The first-order chi connectivity index (χ1) is 14.1. The summed E-state index contributed by atoms with van der Waals surface area (Å²) in [4.78, 5) is 24.7. The Labute approximate surface area is 181 Å². The summed E-state index contributed by atoms with van der Waals surface area (Å²) >= 11 is 0. The molecule has 1 fully saturated rings. The minimum absolute atomic E-state index is 0. The molecule has 0 bridgehead atoms. The Bertz CT molecular complexity index is 983. The number of furan rings is 1. The molecule has 0 aliphatic carbocycles. The second-order valence-electron chi connectivity index (χ2n) is 7.62. The van der Waals surface area contributed by atoms with Crippen LogP contribution in [0.5, 0.6) is 0 Å². The van der Waals surface area contributed by atoms with Crippen molar-refractivity contribution in [2.45, 2.75) is 38.3 Å². The van der Waals surface area contributed by atoms with E-state index in [0.29, 0.717) is 23.7 Å². The van der Waals surface area contributed by atoms with Gasteiger partial charge in [-0.05, 0) is 56.1 Å². The summed E-state index contributed by atoms with van der Waals surface area (Å²) in [5, 5.41) is 10.2. The highest BCUT2D eigenvalue weighted by Gasteiger charge is 2.20. The van der Waals surface area contributed by atoms with Gasteiger partial charge in [-0.25, -0.2) is 0 Å². The highest BCUT2D eigenvalue weighted by Crippen LogP contribution is 2.20. The monoisotopic (exact) mass is 427 g/mol. The number of hydrogen-bond acceptors (Lipinski definition) is 4. The lowest BCUT2D eigenvalue weighted by Crippen LogP contribution is -2.46. The highest BCUT2D eigenvalue weighted by atomic mass is 35.5. The molecule has 2 unspecified atom stereocenters. The molecule has 2 atom stereocenters. The maximum atomic E-state index is 12.4. The number of para-hydroxylation sites is 1. The molecule has 2 amide bonds. The number of carbonyl (C=O) groups is 2. The van der Waals surface area contributed by atoms with Crippen LogP contribution in [0.2, 0.25) is 0 Å². The van der Waals surface area contributed by atoms with E-state index in [1.807, 2.05) is 36.4 Å². The smallest absolute Gasteiger partial charge is 0.291 e. The molecule has 1 aromatic heterocycles. The summed E-state index contributed by atoms with van der Waals surface area (Å²) in [6, 6.07) is 17.2. The van der Waals surface area contributed by atoms with Crippen LogP contribution < -0.4 is 16.0 Å². The fourth-order valence-corrected chi connectivity index (χ4v) is 3.72. The predicted molar refractivity (Wildman–Crippen MR) is 120 cm³/mol. The van der Waals surface area contributed by atoms with Crippen LogP contribution >= 0.6 is 12.4 Å². The minimum Gasteiger partial charge on any atom is -0.451 e. The second-order valence-corrected chi connectivity index (χ2v) is 7.62. The standard InChI is InChI=1S/C23H25N3O3.ClH/c1-15-12-19(10-11-24-15)25-22(27)13-16-6-8-18(9-7-16)26-23(28)21-14-17-4-2-3-5-20(17)29-21;/h2-9,14-15,19,24H,10-13H2,1H3,(H,25,27)(H,26,28);1H. The molecule has 1 saturated heterocycles. The number of fused-ring (bicyclic) bond motifs is 1. The molecule has 3 aromatic rings. The normalized spacial score (nSPS) is 18.4. The van der Waals surface area contributed by atoms with Crippen LogP contribution in [0.25, 0.3) is 11.0 Å². The number of amides is 2. The third-order valence-corrected chi connectivity index (χ3v) is 5.21. The molecular weight excluding hydrogens is 402 g/mol. The van der Waals surface area contributed by atoms with Crippen molar-refractivity contribution in [1.29, 1.82) is 0 Å². The molecule has 30 heavy (non-hydrogen) atoms. The van der Waals surface area contributed by atoms with Gasteiger partial charge in [0.15, 0.2) is 5.76 Å². The van der Waals surface area contributed by atoms with Crippen LogP contribution in [0.3, 0.4) is 0 Å². The zero-order valence-corrected chi connectivity index (χ0v) is 17.6. The molecule has 6 nitrogen and oxygen atoms in total. The second kappa shape index (κ2) is 9.78. The maximum absolute atomic E-state index is 12.4. The number of hydrogen-bond donors (Lipinski definition) is 3. The predicted octanol–water partition coefficient (Wildman–Crippen LogP) is 3.91. The van der Waals surface area contributed by atoms with Gasteiger partial charge in [-0.2, -0.15) is 0 Å². The summed E-state index contributed by atoms with van der Waals surface area (Å²) in [6.45, 7) is 3.07. The topological polar surface area (TPSA) is 83.4 Å². The number of halogens is 1. The maximum Gasteiger partial charge on any atom is 0.291 e. The van der Waals surface area contributed by atoms with Crippen molar-refractivity contribution in [2.24, 2.45) is 0 Å². The van der Waals surface area contributed by atoms with Crippen LogP contribution in [0.1, 0.15) is 35.9 Å². The highest BCUT2D eigenvalue weighted by molar-refractivity contribution is 6.04. The molecule has 1 aliphatic rings. The number of nitrogens with one attached hydrogen (secondary N) is 3. The largest absolute Gasteiger partial charge is 0.451 e. The van der Waals surface area contributed by atoms with Crippen LogP contribution in [0.15, 0.2) is 59.0 Å². The Morgan fingerprint density at radius 3 is 2.63 bits per heavy atom. The van der Waals surface area contributed by atoms with Gasteiger partial charge in [0.1, 0.15) is 5.58 Å². The minimum atomic E-state index is -0.299. The number of carbonyl (C=O) groups excluding carboxylic acids is 2. The van der Waals surface area contributed by atoms with Crippen LogP contribution in [0.4, 0.5) is 5.69 Å². The Balaban J connectivity index is 0.00000256. The van der Waals surface area contributed by atoms with Gasteiger partial charge in [0, 0.05) is 23.2 Å². The van der Waals surface area contributed by atoms with E-state index in [1.54, 1.807) is 18.2 Å². The van der Waals surface area contributed by atoms with Crippen molar-refractivity contribution >= 4 is 40.9 Å². The molecule has 1 aliphatic heterocycles. The fraction of sp³-hybridized carbons (Fsp3) is 0.304. The number of benzene rings is 2. The summed E-state index contributed by atoms with van der Waals surface area (Å²) in [5.41, 5.74) is 2.25. The molecule has 3 N–H and O–H groups in total. The van der Waals surface area contributed by atoms with E-state index in [0.717, 1.165) is 30.3 Å². The van der Waals surface area contributed by atoms with E-state index in [4.69, 9.17) is 4.42 Å². The Hall–Kier alpha value is -2.83. The van der Waals surface area contributed by atoms with Gasteiger partial charge < -0.3 is 20.4 Å². The van der Waals surface area contributed by atoms with Crippen molar-refractivity contribution < 1.29 is 14.0 Å². The number of piperidine rings is 1. The Morgan fingerprint density at radius 2 is 1.90 bits per heavy atom. The van der Waals surface area contributed by atoms with Crippen LogP contribution in [0, 0.1) is 0 Å². The zero-order valence-electron chi connectivity index (χ0n) is 16.8. The number of rotatable bonds is 5. The molecule has 2 aromatic carbocycles. The van der Waals surface area contributed by atoms with Crippen LogP contribution in [-0.2, 0) is 11.2 Å². The molecule has 0 spiro atoms. The van der Waals surface area contributed by atoms with E-state index in [2.05, 4.69) is 22.9 Å². The molecule has 4 rings (SSSR count). The molecular formula is C23H26ClN3O3. The fourth-order valence-electron chi connectivity index (χ4n) is 3.72. The number of anilines is 1. The average molecular weight is 428 g/mol. The van der Waals surface area contributed by atoms with Crippen molar-refractivity contribution in [3.8, 4) is 0 Å². The van der Waals surface area contributed by atoms with Gasteiger partial charge in [0.2, 0.25) is 5.91 Å². The summed E-state index contributed by atoms with van der Waals surface area (Å²) in [5.74, 6) is 0.000682. The van der Waals surface area contributed by atoms with E-state index >= 15 is 0 Å². The first-order valence-corrected chi connectivity index (χ1v) is 9.98. The van der Waals surface area contributed by atoms with E-state index < -0.39 is 0 Å². The Morgan fingerprint density at radius 1 is 1.13 bits per heavy atom. The van der Waals surface area contributed by atoms with Crippen molar-refractivity contribution in [1.82, 2.24) is 10.6 Å². The molecule has 2 heterocycles. The first kappa shape index (κ1) is 21.9. The summed E-state index contributed by atoms with van der Waals surface area (Å²) < 4.78 is 5.59. The molecule has 0 radical (unpaired) electrons. The van der Waals surface area contributed by atoms with Gasteiger partial charge in [-0.15, -0.1) is 12.4 Å². The Kier molecular flexibility index (Phi) is 7.13. The van der Waals surface area contributed by atoms with Crippen molar-refractivity contribution in [3.05, 3.63) is 65.9 Å². The van der Waals surface area contributed by atoms with E-state index in [1.165, 1.54) is 0 Å². The summed E-state index contributed by atoms with van der Waals surface area (Å²) in [6.07, 6.45) is 2.25.